The van der Waals surface area contributed by atoms with Crippen molar-refractivity contribution in [2.75, 3.05) is 7.05 Å². The van der Waals surface area contributed by atoms with Gasteiger partial charge in [0.1, 0.15) is 0 Å². The van der Waals surface area contributed by atoms with Crippen molar-refractivity contribution in [2.24, 2.45) is 0 Å². The number of hydrogen-bond donors (Lipinski definition) is 1. The van der Waals surface area contributed by atoms with Gasteiger partial charge >= 0.3 is 0 Å². The molecule has 15 heavy (non-hydrogen) atoms. The summed E-state index contributed by atoms with van der Waals surface area (Å²) in [7, 11) is 1.99. The largest absolute Gasteiger partial charge is 0.312 e. The van der Waals surface area contributed by atoms with E-state index in [-0.39, 0.29) is 0 Å². The zero-order chi connectivity index (χ0) is 10.7. The zero-order valence-corrected chi connectivity index (χ0v) is 11.5. The van der Waals surface area contributed by atoms with E-state index in [9.17, 15) is 0 Å². The molecule has 0 spiro atoms. The third-order valence-corrected chi connectivity index (χ3v) is 4.69. The van der Waals surface area contributed by atoms with E-state index < -0.39 is 0 Å². The van der Waals surface area contributed by atoms with Crippen LogP contribution in [0.3, 0.4) is 0 Å². The summed E-state index contributed by atoms with van der Waals surface area (Å²) in [4.78, 5) is 5.65. The van der Waals surface area contributed by atoms with Crippen LogP contribution >= 0.6 is 38.6 Å². The number of thiazole rings is 1. The van der Waals surface area contributed by atoms with E-state index in [1.54, 1.807) is 22.7 Å². The summed E-state index contributed by atoms with van der Waals surface area (Å²) in [5.41, 5.74) is 0. The van der Waals surface area contributed by atoms with E-state index in [0.717, 1.165) is 6.42 Å². The Hall–Kier alpha value is -0.230. The summed E-state index contributed by atoms with van der Waals surface area (Å²) in [5, 5.41) is 6.53. The molecule has 2 rings (SSSR count). The van der Waals surface area contributed by atoms with Crippen molar-refractivity contribution in [2.45, 2.75) is 12.5 Å². The maximum atomic E-state index is 4.31. The minimum absolute atomic E-state index is 0.368. The highest BCUT2D eigenvalue weighted by molar-refractivity contribution is 9.11. The number of hydrogen-bond acceptors (Lipinski definition) is 4. The first-order chi connectivity index (χ1) is 7.29. The van der Waals surface area contributed by atoms with Crippen LogP contribution in [-0.2, 0) is 6.42 Å². The summed E-state index contributed by atoms with van der Waals surface area (Å²) in [6.07, 6.45) is 2.82. The third-order valence-electron chi connectivity index (χ3n) is 2.15. The van der Waals surface area contributed by atoms with Gasteiger partial charge in [0.2, 0.25) is 0 Å². The molecule has 0 radical (unpaired) electrons. The molecule has 1 unspecified atom stereocenters. The third kappa shape index (κ3) is 2.87. The maximum absolute atomic E-state index is 4.31. The molecule has 2 aromatic heterocycles. The number of aromatic nitrogens is 1. The van der Waals surface area contributed by atoms with Crippen LogP contribution in [0, 0.1) is 0 Å². The lowest BCUT2D eigenvalue weighted by Gasteiger charge is -2.12. The Labute approximate surface area is 106 Å². The molecular formula is C10H11BrN2S2. The second-order valence-corrected chi connectivity index (χ2v) is 6.59. The average Bonchev–Trinajstić information content (AvgIpc) is 2.85. The molecule has 0 amide bonds. The molecule has 0 aliphatic heterocycles. The number of likely N-dealkylation sites (N-methyl/N-ethyl adjacent to an activating group) is 1. The van der Waals surface area contributed by atoms with Gasteiger partial charge < -0.3 is 5.32 Å². The Morgan fingerprint density at radius 2 is 2.40 bits per heavy atom. The van der Waals surface area contributed by atoms with Crippen LogP contribution in [0.1, 0.15) is 15.9 Å². The number of halogens is 1. The van der Waals surface area contributed by atoms with Gasteiger partial charge in [-0.15, -0.1) is 22.7 Å². The van der Waals surface area contributed by atoms with Gasteiger partial charge in [0.05, 0.1) is 8.79 Å². The van der Waals surface area contributed by atoms with Crippen LogP contribution in [0.2, 0.25) is 0 Å². The van der Waals surface area contributed by atoms with E-state index in [4.69, 9.17) is 0 Å². The minimum atomic E-state index is 0.368. The molecule has 2 aromatic rings. The van der Waals surface area contributed by atoms with Gasteiger partial charge in [-0.05, 0) is 35.1 Å². The van der Waals surface area contributed by atoms with Crippen LogP contribution in [-0.4, -0.2) is 12.0 Å². The van der Waals surface area contributed by atoms with Crippen LogP contribution < -0.4 is 5.32 Å². The standard InChI is InChI=1S/C10H11BrN2S2/c1-12-7(6-10-13-4-5-14-10)8-2-3-9(11)15-8/h2-5,7,12H,6H2,1H3. The molecule has 0 aromatic carbocycles. The topological polar surface area (TPSA) is 24.9 Å². The van der Waals surface area contributed by atoms with Crippen LogP contribution in [0.4, 0.5) is 0 Å². The molecule has 0 saturated carbocycles. The number of nitrogens with one attached hydrogen (secondary N) is 1. The first-order valence-electron chi connectivity index (χ1n) is 4.60. The van der Waals surface area contributed by atoms with Gasteiger partial charge in [-0.25, -0.2) is 4.98 Å². The highest BCUT2D eigenvalue weighted by Gasteiger charge is 2.13. The van der Waals surface area contributed by atoms with Gasteiger partial charge in [-0.2, -0.15) is 0 Å². The minimum Gasteiger partial charge on any atom is -0.312 e. The molecular weight excluding hydrogens is 292 g/mol. The summed E-state index contributed by atoms with van der Waals surface area (Å²) in [6, 6.07) is 4.61. The Bertz CT molecular complexity index is 411. The van der Waals surface area contributed by atoms with Crippen molar-refractivity contribution < 1.29 is 0 Å². The van der Waals surface area contributed by atoms with Crippen molar-refractivity contribution in [3.8, 4) is 0 Å². The van der Waals surface area contributed by atoms with Crippen molar-refractivity contribution >= 4 is 38.6 Å². The highest BCUT2D eigenvalue weighted by atomic mass is 79.9. The fourth-order valence-electron chi connectivity index (χ4n) is 1.39. The highest BCUT2D eigenvalue weighted by Crippen LogP contribution is 2.29. The van der Waals surface area contributed by atoms with E-state index in [1.165, 1.54) is 13.7 Å². The quantitative estimate of drug-likeness (QED) is 0.935. The Kier molecular flexibility index (Phi) is 3.91. The van der Waals surface area contributed by atoms with Gasteiger partial charge in [-0.3, -0.25) is 0 Å². The first kappa shape index (κ1) is 11.3. The lowest BCUT2D eigenvalue weighted by molar-refractivity contribution is 0.600. The maximum Gasteiger partial charge on any atom is 0.0944 e. The predicted molar refractivity (Wildman–Crippen MR) is 69.6 cm³/mol. The lowest BCUT2D eigenvalue weighted by atomic mass is 10.2. The fourth-order valence-corrected chi connectivity index (χ4v) is 3.59. The van der Waals surface area contributed by atoms with Crippen molar-refractivity contribution in [3.63, 3.8) is 0 Å². The molecule has 0 aliphatic carbocycles. The number of thiophene rings is 1. The monoisotopic (exact) mass is 302 g/mol. The molecule has 0 aliphatic rings. The summed E-state index contributed by atoms with van der Waals surface area (Å²) in [5.74, 6) is 0. The molecule has 0 fully saturated rings. The number of rotatable bonds is 4. The Morgan fingerprint density at radius 3 is 2.93 bits per heavy atom. The zero-order valence-electron chi connectivity index (χ0n) is 8.24. The van der Waals surface area contributed by atoms with E-state index in [1.807, 2.05) is 18.6 Å². The Balaban J connectivity index is 2.11. The first-order valence-corrected chi connectivity index (χ1v) is 7.09. The van der Waals surface area contributed by atoms with Crippen molar-refractivity contribution in [1.82, 2.24) is 10.3 Å². The van der Waals surface area contributed by atoms with E-state index in [0.29, 0.717) is 6.04 Å². The van der Waals surface area contributed by atoms with Gasteiger partial charge in [-0.1, -0.05) is 0 Å². The van der Waals surface area contributed by atoms with E-state index in [2.05, 4.69) is 38.4 Å². The smallest absolute Gasteiger partial charge is 0.0944 e. The molecule has 0 saturated heterocycles. The van der Waals surface area contributed by atoms with Gasteiger partial charge in [0.15, 0.2) is 0 Å². The summed E-state index contributed by atoms with van der Waals surface area (Å²) >= 11 is 6.97. The average molecular weight is 303 g/mol. The van der Waals surface area contributed by atoms with Crippen LogP contribution in [0.25, 0.3) is 0 Å². The molecule has 1 N–H and O–H groups in total. The molecule has 0 bridgehead atoms. The van der Waals surface area contributed by atoms with Crippen molar-refractivity contribution in [1.29, 1.82) is 0 Å². The van der Waals surface area contributed by atoms with Gasteiger partial charge in [0, 0.05) is 28.9 Å². The summed E-state index contributed by atoms with van der Waals surface area (Å²) < 4.78 is 1.18. The number of nitrogens with zero attached hydrogens (tertiary/aromatic N) is 1. The molecule has 2 nitrogen and oxygen atoms in total. The SMILES string of the molecule is CNC(Cc1nccs1)c1ccc(Br)s1. The van der Waals surface area contributed by atoms with E-state index >= 15 is 0 Å². The van der Waals surface area contributed by atoms with Crippen molar-refractivity contribution in [3.05, 3.63) is 37.4 Å². The normalized spacial score (nSPS) is 12.9. The Morgan fingerprint density at radius 1 is 1.53 bits per heavy atom. The van der Waals surface area contributed by atoms with Gasteiger partial charge in [0.25, 0.3) is 0 Å². The predicted octanol–water partition coefficient (Wildman–Crippen LogP) is 3.47. The molecule has 1 atom stereocenters. The summed E-state index contributed by atoms with van der Waals surface area (Å²) in [6.45, 7) is 0. The lowest BCUT2D eigenvalue weighted by Crippen LogP contribution is -2.17. The second-order valence-electron chi connectivity index (χ2n) is 3.11. The second kappa shape index (κ2) is 5.21. The van der Waals surface area contributed by atoms with Crippen LogP contribution in [0.15, 0.2) is 27.5 Å². The molecule has 2 heterocycles. The fraction of sp³-hybridized carbons (Fsp3) is 0.300. The molecule has 80 valence electrons. The molecule has 5 heteroatoms. The van der Waals surface area contributed by atoms with Crippen LogP contribution in [0.5, 0.6) is 0 Å².